The van der Waals surface area contributed by atoms with Gasteiger partial charge in [0.2, 0.25) is 0 Å². The Hall–Kier alpha value is -3.74. The third-order valence-corrected chi connectivity index (χ3v) is 5.34. The van der Waals surface area contributed by atoms with Crippen LogP contribution in [0, 0.1) is 0 Å². The number of esters is 2. The monoisotopic (exact) mass is 435 g/mol. The van der Waals surface area contributed by atoms with Crippen LogP contribution in [0.3, 0.4) is 0 Å². The molecule has 7 heteroatoms. The molecule has 7 nitrogen and oxygen atoms in total. The quantitative estimate of drug-likeness (QED) is 0.536. The van der Waals surface area contributed by atoms with Crippen molar-refractivity contribution in [2.24, 2.45) is 0 Å². The van der Waals surface area contributed by atoms with Gasteiger partial charge in [0.05, 0.1) is 20.3 Å². The average molecular weight is 435 g/mol. The van der Waals surface area contributed by atoms with Crippen LogP contribution in [0.1, 0.15) is 25.5 Å². The van der Waals surface area contributed by atoms with Crippen molar-refractivity contribution in [2.75, 3.05) is 25.2 Å². The van der Waals surface area contributed by atoms with E-state index in [0.29, 0.717) is 22.7 Å². The third-order valence-electron chi connectivity index (χ3n) is 5.34. The number of methoxy groups -OCH3 is 1. The molecule has 0 amide bonds. The molecule has 0 saturated carbocycles. The van der Waals surface area contributed by atoms with Gasteiger partial charge in [-0.3, -0.25) is 0 Å². The second-order valence-electron chi connectivity index (χ2n) is 7.18. The maximum Gasteiger partial charge on any atom is 0.369 e. The van der Waals surface area contributed by atoms with Crippen molar-refractivity contribution in [2.45, 2.75) is 26.1 Å². The SMILES string of the molecule is CCOC(=O)[C@H]1Oc2ccc3ccccc3c2[C@H](C(=O)OCC)N1c1ccc(OC)cc1. The molecule has 3 aromatic carbocycles. The van der Waals surface area contributed by atoms with Crippen LogP contribution in [0.4, 0.5) is 5.69 Å². The van der Waals surface area contributed by atoms with Gasteiger partial charge in [0.15, 0.2) is 6.04 Å². The smallest absolute Gasteiger partial charge is 0.369 e. The van der Waals surface area contributed by atoms with Crippen molar-refractivity contribution in [1.82, 2.24) is 0 Å². The Kier molecular flexibility index (Phi) is 6.16. The highest BCUT2D eigenvalue weighted by Gasteiger charge is 2.46. The van der Waals surface area contributed by atoms with Gasteiger partial charge in [0.1, 0.15) is 11.5 Å². The van der Waals surface area contributed by atoms with E-state index in [9.17, 15) is 9.59 Å². The van der Waals surface area contributed by atoms with Crippen LogP contribution in [0.5, 0.6) is 11.5 Å². The van der Waals surface area contributed by atoms with Gasteiger partial charge in [-0.1, -0.05) is 30.3 Å². The van der Waals surface area contributed by atoms with E-state index in [1.54, 1.807) is 56.2 Å². The molecular weight excluding hydrogens is 410 g/mol. The Morgan fingerprint density at radius 2 is 1.59 bits per heavy atom. The lowest BCUT2D eigenvalue weighted by Crippen LogP contribution is -2.53. The Morgan fingerprint density at radius 3 is 2.28 bits per heavy atom. The van der Waals surface area contributed by atoms with E-state index in [1.165, 1.54) is 0 Å². The van der Waals surface area contributed by atoms with E-state index in [-0.39, 0.29) is 13.2 Å². The molecule has 0 unspecified atom stereocenters. The number of carbonyl (C=O) groups is 2. The third kappa shape index (κ3) is 3.82. The van der Waals surface area contributed by atoms with Gasteiger partial charge < -0.3 is 23.8 Å². The minimum atomic E-state index is -1.16. The maximum atomic E-state index is 13.3. The topological polar surface area (TPSA) is 74.3 Å². The number of rotatable bonds is 6. The lowest BCUT2D eigenvalue weighted by atomic mass is 9.94. The van der Waals surface area contributed by atoms with E-state index in [0.717, 1.165) is 10.8 Å². The summed E-state index contributed by atoms with van der Waals surface area (Å²) in [6, 6.07) is 17.6. The summed E-state index contributed by atoms with van der Waals surface area (Å²) < 4.78 is 22.2. The van der Waals surface area contributed by atoms with Crippen molar-refractivity contribution in [3.8, 4) is 11.5 Å². The van der Waals surface area contributed by atoms with Gasteiger partial charge in [-0.15, -0.1) is 0 Å². The molecule has 0 spiro atoms. The predicted molar refractivity (Wildman–Crippen MR) is 120 cm³/mol. The highest BCUT2D eigenvalue weighted by atomic mass is 16.6. The fraction of sp³-hybridized carbons (Fsp3) is 0.280. The standard InChI is InChI=1S/C25H25NO6/c1-4-30-24(27)22-21-19-9-7-6-8-16(19)10-15-20(21)32-23(25(28)31-5-2)26(22)17-11-13-18(29-3)14-12-17/h6-15,22-23H,4-5H2,1-3H3/t22-,23-/m1/s1. The summed E-state index contributed by atoms with van der Waals surface area (Å²) in [5.41, 5.74) is 1.25. The molecule has 2 atom stereocenters. The van der Waals surface area contributed by atoms with E-state index >= 15 is 0 Å². The molecule has 3 aromatic rings. The fourth-order valence-corrected chi connectivity index (χ4v) is 3.98. The molecule has 0 bridgehead atoms. The summed E-state index contributed by atoms with van der Waals surface area (Å²) in [5.74, 6) is 0.0393. The lowest BCUT2D eigenvalue weighted by Gasteiger charge is -2.42. The Balaban J connectivity index is 1.95. The number of fused-ring (bicyclic) bond motifs is 3. The number of benzene rings is 3. The van der Waals surface area contributed by atoms with E-state index < -0.39 is 24.2 Å². The molecule has 32 heavy (non-hydrogen) atoms. The number of ether oxygens (including phenoxy) is 4. The molecule has 166 valence electrons. The molecule has 0 N–H and O–H groups in total. The first-order valence-electron chi connectivity index (χ1n) is 10.5. The largest absolute Gasteiger partial charge is 0.497 e. The van der Waals surface area contributed by atoms with Gasteiger partial charge in [0, 0.05) is 11.3 Å². The second-order valence-corrected chi connectivity index (χ2v) is 7.18. The van der Waals surface area contributed by atoms with Crippen LogP contribution >= 0.6 is 0 Å². The number of nitrogens with zero attached hydrogens (tertiary/aromatic N) is 1. The number of carbonyl (C=O) groups excluding carboxylic acids is 2. The zero-order valence-electron chi connectivity index (χ0n) is 18.2. The summed E-state index contributed by atoms with van der Waals surface area (Å²) >= 11 is 0. The molecule has 1 aliphatic heterocycles. The molecular formula is C25H25NO6. The molecule has 0 aliphatic carbocycles. The van der Waals surface area contributed by atoms with Crippen molar-refractivity contribution >= 4 is 28.4 Å². The first kappa shape index (κ1) is 21.5. The summed E-state index contributed by atoms with van der Waals surface area (Å²) in [6.07, 6.45) is -1.16. The number of hydrogen-bond donors (Lipinski definition) is 0. The number of anilines is 1. The van der Waals surface area contributed by atoms with Crippen LogP contribution in [0.15, 0.2) is 60.7 Å². The van der Waals surface area contributed by atoms with Crippen LogP contribution in [-0.4, -0.2) is 38.5 Å². The van der Waals surface area contributed by atoms with Crippen LogP contribution in [0.2, 0.25) is 0 Å². The van der Waals surface area contributed by atoms with Crippen LogP contribution in [0.25, 0.3) is 10.8 Å². The van der Waals surface area contributed by atoms with Gasteiger partial charge in [-0.05, 0) is 55.0 Å². The molecule has 0 radical (unpaired) electrons. The Bertz CT molecular complexity index is 1130. The summed E-state index contributed by atoms with van der Waals surface area (Å²) in [7, 11) is 1.57. The van der Waals surface area contributed by atoms with Crippen LogP contribution in [-0.2, 0) is 19.1 Å². The van der Waals surface area contributed by atoms with E-state index in [4.69, 9.17) is 18.9 Å². The highest BCUT2D eigenvalue weighted by Crippen LogP contribution is 2.44. The minimum absolute atomic E-state index is 0.184. The maximum absolute atomic E-state index is 13.3. The molecule has 1 aliphatic rings. The molecule has 4 rings (SSSR count). The molecule has 0 fully saturated rings. The average Bonchev–Trinajstić information content (AvgIpc) is 2.83. The van der Waals surface area contributed by atoms with Gasteiger partial charge in [0.25, 0.3) is 6.23 Å². The second kappa shape index (κ2) is 9.18. The zero-order chi connectivity index (χ0) is 22.7. The summed E-state index contributed by atoms with van der Waals surface area (Å²) in [5, 5.41) is 1.80. The summed E-state index contributed by atoms with van der Waals surface area (Å²) in [4.78, 5) is 27.9. The van der Waals surface area contributed by atoms with Gasteiger partial charge in [-0.25, -0.2) is 9.59 Å². The van der Waals surface area contributed by atoms with Gasteiger partial charge in [-0.2, -0.15) is 0 Å². The zero-order valence-corrected chi connectivity index (χ0v) is 18.2. The molecule has 0 saturated heterocycles. The molecule has 1 heterocycles. The predicted octanol–water partition coefficient (Wildman–Crippen LogP) is 4.24. The van der Waals surface area contributed by atoms with E-state index in [1.807, 2.05) is 30.3 Å². The number of hydrogen-bond acceptors (Lipinski definition) is 7. The Labute approximate surface area is 186 Å². The first-order chi connectivity index (χ1) is 15.6. The summed E-state index contributed by atoms with van der Waals surface area (Å²) in [6.45, 7) is 3.87. The lowest BCUT2D eigenvalue weighted by molar-refractivity contribution is -0.154. The van der Waals surface area contributed by atoms with Crippen molar-refractivity contribution in [3.63, 3.8) is 0 Å². The van der Waals surface area contributed by atoms with Gasteiger partial charge >= 0.3 is 11.9 Å². The minimum Gasteiger partial charge on any atom is -0.497 e. The van der Waals surface area contributed by atoms with Crippen molar-refractivity contribution in [1.29, 1.82) is 0 Å². The van der Waals surface area contributed by atoms with E-state index in [2.05, 4.69) is 0 Å². The fourth-order valence-electron chi connectivity index (χ4n) is 3.98. The van der Waals surface area contributed by atoms with Crippen molar-refractivity contribution in [3.05, 3.63) is 66.2 Å². The Morgan fingerprint density at radius 1 is 0.906 bits per heavy atom. The normalized spacial score (nSPS) is 17.3. The highest BCUT2D eigenvalue weighted by molar-refractivity contribution is 5.97. The van der Waals surface area contributed by atoms with Crippen molar-refractivity contribution < 1.29 is 28.5 Å². The first-order valence-corrected chi connectivity index (χ1v) is 10.5. The molecule has 0 aromatic heterocycles. The van der Waals surface area contributed by atoms with Crippen LogP contribution < -0.4 is 14.4 Å².